The third-order valence-corrected chi connectivity index (χ3v) is 2.66. The molecule has 21 heavy (non-hydrogen) atoms. The molecule has 0 saturated heterocycles. The number of amides is 1. The number of aryl methyl sites for hydroxylation is 1. The van der Waals surface area contributed by atoms with Crippen LogP contribution < -0.4 is 5.32 Å². The van der Waals surface area contributed by atoms with E-state index < -0.39 is 0 Å². The van der Waals surface area contributed by atoms with Gasteiger partial charge in [0, 0.05) is 25.0 Å². The minimum atomic E-state index is -0.266. The highest BCUT2D eigenvalue weighted by Gasteiger charge is 2.10. The second kappa shape index (κ2) is 7.17. The van der Waals surface area contributed by atoms with Crippen LogP contribution in [-0.2, 0) is 0 Å². The normalized spacial score (nSPS) is 9.62. The van der Waals surface area contributed by atoms with Crippen LogP contribution in [0.3, 0.4) is 0 Å². The van der Waals surface area contributed by atoms with Gasteiger partial charge in [0.05, 0.1) is 29.6 Å². The van der Waals surface area contributed by atoms with E-state index in [0.717, 1.165) is 5.56 Å². The Bertz CT molecular complexity index is 702. The smallest absolute Gasteiger partial charge is 0.257 e. The van der Waals surface area contributed by atoms with Crippen LogP contribution in [0.2, 0.25) is 0 Å². The standard InChI is InChI=1S/C16H15N3O2/c1-12-8-14(11-18-9-12)19-16(21)15-5-6-17-10-13(15)4-2-3-7-20/h5-6,8-11,20H,3,7H2,1H3,(H,19,21). The Balaban J connectivity index is 2.22. The quantitative estimate of drug-likeness (QED) is 0.841. The van der Waals surface area contributed by atoms with Gasteiger partial charge < -0.3 is 10.4 Å². The van der Waals surface area contributed by atoms with Crippen LogP contribution in [0.5, 0.6) is 0 Å². The number of hydrogen-bond donors (Lipinski definition) is 2. The second-order valence-corrected chi connectivity index (χ2v) is 4.40. The van der Waals surface area contributed by atoms with E-state index in [4.69, 9.17) is 5.11 Å². The minimum absolute atomic E-state index is 0.0102. The van der Waals surface area contributed by atoms with Gasteiger partial charge in [-0.2, -0.15) is 0 Å². The lowest BCUT2D eigenvalue weighted by atomic mass is 10.1. The van der Waals surface area contributed by atoms with E-state index in [1.54, 1.807) is 24.7 Å². The highest BCUT2D eigenvalue weighted by molar-refractivity contribution is 6.05. The number of aliphatic hydroxyl groups is 1. The summed E-state index contributed by atoms with van der Waals surface area (Å²) >= 11 is 0. The summed E-state index contributed by atoms with van der Waals surface area (Å²) in [6.45, 7) is 1.89. The number of carbonyl (C=O) groups is 1. The van der Waals surface area contributed by atoms with Crippen molar-refractivity contribution in [2.75, 3.05) is 11.9 Å². The van der Waals surface area contributed by atoms with Crippen molar-refractivity contribution in [3.63, 3.8) is 0 Å². The molecule has 0 aliphatic rings. The Morgan fingerprint density at radius 3 is 2.95 bits per heavy atom. The molecule has 0 saturated carbocycles. The van der Waals surface area contributed by atoms with Crippen molar-refractivity contribution < 1.29 is 9.90 Å². The highest BCUT2D eigenvalue weighted by Crippen LogP contribution is 2.12. The fourth-order valence-electron chi connectivity index (χ4n) is 1.73. The first kappa shape index (κ1) is 14.7. The predicted octanol–water partition coefficient (Wildman–Crippen LogP) is 1.77. The number of hydrogen-bond acceptors (Lipinski definition) is 4. The summed E-state index contributed by atoms with van der Waals surface area (Å²) in [7, 11) is 0. The van der Waals surface area contributed by atoms with Crippen molar-refractivity contribution in [2.45, 2.75) is 13.3 Å². The fraction of sp³-hybridized carbons (Fsp3) is 0.188. The van der Waals surface area contributed by atoms with Crippen LogP contribution in [0.1, 0.15) is 27.9 Å². The Kier molecular flexibility index (Phi) is 5.02. The van der Waals surface area contributed by atoms with Gasteiger partial charge >= 0.3 is 0 Å². The maximum absolute atomic E-state index is 12.3. The van der Waals surface area contributed by atoms with Crippen molar-refractivity contribution in [1.82, 2.24) is 9.97 Å². The Morgan fingerprint density at radius 2 is 2.19 bits per heavy atom. The molecule has 2 aromatic heterocycles. The molecule has 0 atom stereocenters. The number of nitrogens with zero attached hydrogens (tertiary/aromatic N) is 2. The molecule has 0 bridgehead atoms. The molecule has 0 spiro atoms. The number of anilines is 1. The van der Waals surface area contributed by atoms with Gasteiger partial charge in [0.1, 0.15) is 0 Å². The van der Waals surface area contributed by atoms with Gasteiger partial charge in [-0.15, -0.1) is 0 Å². The number of carbonyl (C=O) groups excluding carboxylic acids is 1. The van der Waals surface area contributed by atoms with Crippen LogP contribution in [0, 0.1) is 18.8 Å². The van der Waals surface area contributed by atoms with Crippen LogP contribution in [0.25, 0.3) is 0 Å². The average molecular weight is 281 g/mol. The number of aromatic nitrogens is 2. The zero-order valence-corrected chi connectivity index (χ0v) is 11.6. The van der Waals surface area contributed by atoms with E-state index in [9.17, 15) is 4.79 Å². The molecule has 2 N–H and O–H groups in total. The first-order valence-corrected chi connectivity index (χ1v) is 6.47. The SMILES string of the molecule is Cc1cncc(NC(=O)c2ccncc2C#CCCO)c1. The molecular weight excluding hydrogens is 266 g/mol. The third-order valence-electron chi connectivity index (χ3n) is 2.66. The molecule has 2 aromatic rings. The zero-order chi connectivity index (χ0) is 15.1. The summed E-state index contributed by atoms with van der Waals surface area (Å²) in [6, 6.07) is 3.45. The molecule has 0 aliphatic carbocycles. The Morgan fingerprint density at radius 1 is 1.33 bits per heavy atom. The summed E-state index contributed by atoms with van der Waals surface area (Å²) < 4.78 is 0. The van der Waals surface area contributed by atoms with Gasteiger partial charge in [0.25, 0.3) is 5.91 Å². The fourth-order valence-corrected chi connectivity index (χ4v) is 1.73. The van der Waals surface area contributed by atoms with Crippen molar-refractivity contribution in [1.29, 1.82) is 0 Å². The summed E-state index contributed by atoms with van der Waals surface area (Å²) in [4.78, 5) is 20.3. The monoisotopic (exact) mass is 281 g/mol. The van der Waals surface area contributed by atoms with Crippen molar-refractivity contribution >= 4 is 11.6 Å². The molecule has 2 heterocycles. The van der Waals surface area contributed by atoms with E-state index in [2.05, 4.69) is 27.1 Å². The summed E-state index contributed by atoms with van der Waals surface area (Å²) in [5.41, 5.74) is 2.57. The Labute approximate surface area is 123 Å². The van der Waals surface area contributed by atoms with Gasteiger partial charge in [0.2, 0.25) is 0 Å². The first-order valence-electron chi connectivity index (χ1n) is 6.47. The third kappa shape index (κ3) is 4.13. The van der Waals surface area contributed by atoms with Gasteiger partial charge in [-0.3, -0.25) is 14.8 Å². The van der Waals surface area contributed by atoms with E-state index >= 15 is 0 Å². The van der Waals surface area contributed by atoms with E-state index in [0.29, 0.717) is 23.2 Å². The van der Waals surface area contributed by atoms with E-state index in [1.807, 2.05) is 13.0 Å². The molecule has 5 heteroatoms. The number of nitrogens with one attached hydrogen (secondary N) is 1. The number of rotatable bonds is 3. The van der Waals surface area contributed by atoms with Crippen LogP contribution in [0.15, 0.2) is 36.9 Å². The van der Waals surface area contributed by atoms with E-state index in [-0.39, 0.29) is 12.5 Å². The predicted molar refractivity (Wildman–Crippen MR) is 79.7 cm³/mol. The molecule has 5 nitrogen and oxygen atoms in total. The van der Waals surface area contributed by atoms with Crippen LogP contribution in [0.4, 0.5) is 5.69 Å². The molecule has 0 radical (unpaired) electrons. The van der Waals surface area contributed by atoms with Crippen molar-refractivity contribution in [3.8, 4) is 11.8 Å². The lowest BCUT2D eigenvalue weighted by Crippen LogP contribution is -2.14. The lowest BCUT2D eigenvalue weighted by Gasteiger charge is -2.06. The number of aliphatic hydroxyl groups excluding tert-OH is 1. The van der Waals surface area contributed by atoms with Crippen molar-refractivity contribution in [3.05, 3.63) is 53.6 Å². The largest absolute Gasteiger partial charge is 0.395 e. The molecule has 0 aromatic carbocycles. The topological polar surface area (TPSA) is 75.1 Å². The van der Waals surface area contributed by atoms with Gasteiger partial charge in [-0.05, 0) is 24.6 Å². The molecule has 106 valence electrons. The van der Waals surface area contributed by atoms with E-state index in [1.165, 1.54) is 6.20 Å². The van der Waals surface area contributed by atoms with Gasteiger partial charge in [-0.25, -0.2) is 0 Å². The number of pyridine rings is 2. The molecule has 0 fully saturated rings. The van der Waals surface area contributed by atoms with Crippen LogP contribution >= 0.6 is 0 Å². The maximum Gasteiger partial charge on any atom is 0.257 e. The summed E-state index contributed by atoms with van der Waals surface area (Å²) in [6.07, 6.45) is 6.74. The summed E-state index contributed by atoms with van der Waals surface area (Å²) in [5.74, 6) is 5.36. The second-order valence-electron chi connectivity index (χ2n) is 4.40. The first-order chi connectivity index (χ1) is 10.2. The zero-order valence-electron chi connectivity index (χ0n) is 11.6. The molecule has 0 unspecified atom stereocenters. The molecule has 2 rings (SSSR count). The summed E-state index contributed by atoms with van der Waals surface area (Å²) in [5, 5.41) is 11.5. The van der Waals surface area contributed by atoms with Crippen molar-refractivity contribution in [2.24, 2.45) is 0 Å². The maximum atomic E-state index is 12.3. The molecule has 0 aliphatic heterocycles. The van der Waals surface area contributed by atoms with Gasteiger partial charge in [0.15, 0.2) is 0 Å². The Hall–Kier alpha value is -2.71. The highest BCUT2D eigenvalue weighted by atomic mass is 16.2. The average Bonchev–Trinajstić information content (AvgIpc) is 2.48. The van der Waals surface area contributed by atoms with Crippen LogP contribution in [-0.4, -0.2) is 27.6 Å². The minimum Gasteiger partial charge on any atom is -0.395 e. The van der Waals surface area contributed by atoms with Gasteiger partial charge in [-0.1, -0.05) is 11.8 Å². The lowest BCUT2D eigenvalue weighted by molar-refractivity contribution is 0.102. The molecule has 1 amide bonds. The molecular formula is C16H15N3O2.